The summed E-state index contributed by atoms with van der Waals surface area (Å²) in [5.74, 6) is 0.378. The molecule has 2 aromatic carbocycles. The Morgan fingerprint density at radius 2 is 1.65 bits per heavy atom. The first kappa shape index (κ1) is 17.0. The predicted octanol–water partition coefficient (Wildman–Crippen LogP) is 2.25. The second-order valence-electron chi connectivity index (χ2n) is 4.71. The van der Waals surface area contributed by atoms with Gasteiger partial charge in [0.05, 0.1) is 12.0 Å². The lowest BCUT2D eigenvalue weighted by molar-refractivity contribution is 0.102. The standard InChI is InChI=1S/C16H18N2O4S/c1-3-17-23(20,21)15-10-4-12(5-11-15)16(19)18-13-6-8-14(22-2)9-7-13/h4-11,17H,3H2,1-2H3,(H,18,19). The lowest BCUT2D eigenvalue weighted by Crippen LogP contribution is -2.23. The third-order valence-corrected chi connectivity index (χ3v) is 4.67. The quantitative estimate of drug-likeness (QED) is 0.848. The van der Waals surface area contributed by atoms with Crippen molar-refractivity contribution in [1.82, 2.24) is 4.72 Å². The van der Waals surface area contributed by atoms with E-state index in [1.165, 1.54) is 24.3 Å². The van der Waals surface area contributed by atoms with Gasteiger partial charge in [-0.25, -0.2) is 13.1 Å². The molecule has 0 spiro atoms. The first-order chi connectivity index (χ1) is 11.0. The molecule has 7 heteroatoms. The second-order valence-corrected chi connectivity index (χ2v) is 6.48. The summed E-state index contributed by atoms with van der Waals surface area (Å²) in [6.45, 7) is 2.01. The molecule has 0 aliphatic rings. The van der Waals surface area contributed by atoms with Gasteiger partial charge < -0.3 is 10.1 Å². The van der Waals surface area contributed by atoms with Gasteiger partial charge in [-0.3, -0.25) is 4.79 Å². The molecule has 0 aromatic heterocycles. The van der Waals surface area contributed by atoms with Crippen LogP contribution in [0.3, 0.4) is 0 Å². The van der Waals surface area contributed by atoms with E-state index in [0.29, 0.717) is 23.5 Å². The molecule has 0 saturated carbocycles. The third kappa shape index (κ3) is 4.30. The van der Waals surface area contributed by atoms with Gasteiger partial charge in [-0.1, -0.05) is 6.92 Å². The molecule has 0 saturated heterocycles. The number of sulfonamides is 1. The zero-order valence-electron chi connectivity index (χ0n) is 12.9. The van der Waals surface area contributed by atoms with E-state index in [-0.39, 0.29) is 10.8 Å². The second kappa shape index (κ2) is 7.26. The third-order valence-electron chi connectivity index (χ3n) is 3.11. The van der Waals surface area contributed by atoms with E-state index in [4.69, 9.17) is 4.74 Å². The van der Waals surface area contributed by atoms with Crippen LogP contribution in [-0.2, 0) is 10.0 Å². The zero-order chi connectivity index (χ0) is 16.9. The van der Waals surface area contributed by atoms with Crippen molar-refractivity contribution in [2.45, 2.75) is 11.8 Å². The molecule has 0 aliphatic carbocycles. The van der Waals surface area contributed by atoms with Crippen molar-refractivity contribution in [1.29, 1.82) is 0 Å². The fourth-order valence-corrected chi connectivity index (χ4v) is 2.98. The summed E-state index contributed by atoms with van der Waals surface area (Å²) < 4.78 is 31.1. The zero-order valence-corrected chi connectivity index (χ0v) is 13.7. The summed E-state index contributed by atoms with van der Waals surface area (Å²) in [6.07, 6.45) is 0. The summed E-state index contributed by atoms with van der Waals surface area (Å²) in [7, 11) is -1.95. The number of nitrogens with one attached hydrogen (secondary N) is 2. The fourth-order valence-electron chi connectivity index (χ4n) is 1.94. The van der Waals surface area contributed by atoms with E-state index in [1.807, 2.05) is 0 Å². The van der Waals surface area contributed by atoms with Gasteiger partial charge in [-0.05, 0) is 48.5 Å². The van der Waals surface area contributed by atoms with E-state index in [1.54, 1.807) is 38.3 Å². The van der Waals surface area contributed by atoms with Crippen molar-refractivity contribution in [3.05, 3.63) is 54.1 Å². The Bertz CT molecular complexity index is 769. The first-order valence-electron chi connectivity index (χ1n) is 7.01. The molecule has 0 radical (unpaired) electrons. The van der Waals surface area contributed by atoms with Crippen molar-refractivity contribution < 1.29 is 17.9 Å². The van der Waals surface area contributed by atoms with Gasteiger partial charge in [0, 0.05) is 17.8 Å². The van der Waals surface area contributed by atoms with E-state index in [9.17, 15) is 13.2 Å². The van der Waals surface area contributed by atoms with Crippen molar-refractivity contribution in [2.75, 3.05) is 19.0 Å². The van der Waals surface area contributed by atoms with Gasteiger partial charge in [-0.15, -0.1) is 0 Å². The van der Waals surface area contributed by atoms with E-state index in [0.717, 1.165) is 0 Å². The smallest absolute Gasteiger partial charge is 0.255 e. The van der Waals surface area contributed by atoms with E-state index in [2.05, 4.69) is 10.0 Å². The molecule has 2 aromatic rings. The molecule has 0 aliphatic heterocycles. The number of carbonyl (C=O) groups is 1. The van der Waals surface area contributed by atoms with Gasteiger partial charge in [0.15, 0.2) is 0 Å². The number of ether oxygens (including phenoxy) is 1. The predicted molar refractivity (Wildman–Crippen MR) is 88.3 cm³/mol. The molecule has 0 bridgehead atoms. The van der Waals surface area contributed by atoms with Crippen LogP contribution in [0.5, 0.6) is 5.75 Å². The number of anilines is 1. The summed E-state index contributed by atoms with van der Waals surface area (Å²) in [4.78, 5) is 12.3. The van der Waals surface area contributed by atoms with E-state index >= 15 is 0 Å². The van der Waals surface area contributed by atoms with Crippen LogP contribution in [0.15, 0.2) is 53.4 Å². The number of hydrogen-bond donors (Lipinski definition) is 2. The molecule has 1 amide bonds. The van der Waals surface area contributed by atoms with Crippen LogP contribution in [0.1, 0.15) is 17.3 Å². The number of rotatable bonds is 6. The number of benzene rings is 2. The summed E-state index contributed by atoms with van der Waals surface area (Å²) in [6, 6.07) is 12.7. The number of hydrogen-bond acceptors (Lipinski definition) is 4. The Kier molecular flexibility index (Phi) is 5.36. The Labute approximate surface area is 135 Å². The van der Waals surface area contributed by atoms with Gasteiger partial charge in [0.25, 0.3) is 5.91 Å². The van der Waals surface area contributed by atoms with Gasteiger partial charge in [0.2, 0.25) is 10.0 Å². The monoisotopic (exact) mass is 334 g/mol. The summed E-state index contributed by atoms with van der Waals surface area (Å²) in [5, 5.41) is 2.73. The van der Waals surface area contributed by atoms with Crippen LogP contribution in [0.4, 0.5) is 5.69 Å². The highest BCUT2D eigenvalue weighted by Gasteiger charge is 2.13. The average Bonchev–Trinajstić information content (AvgIpc) is 2.55. The lowest BCUT2D eigenvalue weighted by Gasteiger charge is -2.08. The summed E-state index contributed by atoms with van der Waals surface area (Å²) in [5.41, 5.74) is 0.997. The minimum Gasteiger partial charge on any atom is -0.497 e. The van der Waals surface area contributed by atoms with Crippen molar-refractivity contribution in [2.24, 2.45) is 0 Å². The Morgan fingerprint density at radius 3 is 2.17 bits per heavy atom. The number of methoxy groups -OCH3 is 1. The molecule has 0 fully saturated rings. The van der Waals surface area contributed by atoms with Crippen LogP contribution >= 0.6 is 0 Å². The molecule has 23 heavy (non-hydrogen) atoms. The fraction of sp³-hybridized carbons (Fsp3) is 0.188. The van der Waals surface area contributed by atoms with Crippen molar-refractivity contribution in [3.8, 4) is 5.75 Å². The molecule has 2 N–H and O–H groups in total. The Morgan fingerprint density at radius 1 is 1.04 bits per heavy atom. The summed E-state index contributed by atoms with van der Waals surface area (Å²) >= 11 is 0. The van der Waals surface area contributed by atoms with Crippen molar-refractivity contribution >= 4 is 21.6 Å². The highest BCUT2D eigenvalue weighted by molar-refractivity contribution is 7.89. The molecule has 0 unspecified atom stereocenters. The molecule has 122 valence electrons. The largest absolute Gasteiger partial charge is 0.497 e. The highest BCUT2D eigenvalue weighted by atomic mass is 32.2. The van der Waals surface area contributed by atoms with E-state index < -0.39 is 10.0 Å². The average molecular weight is 334 g/mol. The first-order valence-corrected chi connectivity index (χ1v) is 8.49. The maximum absolute atomic E-state index is 12.1. The van der Waals surface area contributed by atoms with Crippen LogP contribution in [0.25, 0.3) is 0 Å². The van der Waals surface area contributed by atoms with Crippen LogP contribution in [-0.4, -0.2) is 28.0 Å². The minimum atomic E-state index is -3.51. The molecular formula is C16H18N2O4S. The molecule has 0 heterocycles. The maximum atomic E-state index is 12.1. The van der Waals surface area contributed by atoms with Crippen LogP contribution in [0, 0.1) is 0 Å². The van der Waals surface area contributed by atoms with Gasteiger partial charge >= 0.3 is 0 Å². The van der Waals surface area contributed by atoms with Gasteiger partial charge in [0.1, 0.15) is 5.75 Å². The number of amides is 1. The molecule has 0 atom stereocenters. The van der Waals surface area contributed by atoms with Crippen LogP contribution in [0.2, 0.25) is 0 Å². The topological polar surface area (TPSA) is 84.5 Å². The van der Waals surface area contributed by atoms with Crippen molar-refractivity contribution in [3.63, 3.8) is 0 Å². The van der Waals surface area contributed by atoms with Gasteiger partial charge in [-0.2, -0.15) is 0 Å². The lowest BCUT2D eigenvalue weighted by atomic mass is 10.2. The molecule has 6 nitrogen and oxygen atoms in total. The normalized spacial score (nSPS) is 11.0. The maximum Gasteiger partial charge on any atom is 0.255 e. The number of carbonyl (C=O) groups excluding carboxylic acids is 1. The Balaban J connectivity index is 2.10. The molecule has 2 rings (SSSR count). The minimum absolute atomic E-state index is 0.125. The van der Waals surface area contributed by atoms with Crippen LogP contribution < -0.4 is 14.8 Å². The highest BCUT2D eigenvalue weighted by Crippen LogP contribution is 2.16. The SMILES string of the molecule is CCNS(=O)(=O)c1ccc(C(=O)Nc2ccc(OC)cc2)cc1. The molecular weight excluding hydrogens is 316 g/mol. The Hall–Kier alpha value is -2.38.